The minimum absolute atomic E-state index is 0.615. The number of nitrogens with zero attached hydrogens (tertiary/aromatic N) is 6. The van der Waals surface area contributed by atoms with Crippen LogP contribution in [0, 0.1) is 0 Å². The predicted octanol–water partition coefficient (Wildman–Crippen LogP) is 0.822. The molecular formula is C19H30N8. The highest BCUT2D eigenvalue weighted by Gasteiger charge is 2.15. The van der Waals surface area contributed by atoms with Gasteiger partial charge in [0.05, 0.1) is 18.8 Å². The number of rotatable bonds is 6. The number of hydrogen-bond acceptors (Lipinski definition) is 5. The second-order valence-electron chi connectivity index (χ2n) is 6.81. The van der Waals surface area contributed by atoms with Crippen LogP contribution in [0.1, 0.15) is 18.2 Å². The molecular weight excluding hydrogens is 340 g/mol. The molecule has 0 saturated carbocycles. The van der Waals surface area contributed by atoms with Crippen molar-refractivity contribution in [3.05, 3.63) is 41.9 Å². The first kappa shape index (κ1) is 19.2. The highest BCUT2D eigenvalue weighted by atomic mass is 15.3. The Labute approximate surface area is 161 Å². The Morgan fingerprint density at radius 3 is 2.63 bits per heavy atom. The predicted molar refractivity (Wildman–Crippen MR) is 109 cm³/mol. The van der Waals surface area contributed by atoms with Gasteiger partial charge in [0.1, 0.15) is 5.82 Å². The molecule has 1 fully saturated rings. The number of pyridine rings is 1. The van der Waals surface area contributed by atoms with Crippen molar-refractivity contribution in [1.82, 2.24) is 30.3 Å². The fourth-order valence-electron chi connectivity index (χ4n) is 3.03. The Hall–Kier alpha value is -2.61. The Balaban J connectivity index is 1.61. The van der Waals surface area contributed by atoms with Crippen LogP contribution in [-0.4, -0.2) is 65.4 Å². The number of aryl methyl sites for hydroxylation is 1. The number of piperazine rings is 1. The Morgan fingerprint density at radius 2 is 1.93 bits per heavy atom. The maximum atomic E-state index is 4.72. The SMILES string of the molecule is CCNC(=NCc1ccnc(N2CCN(C)CC2)c1)NCc1ccnn1C. The summed E-state index contributed by atoms with van der Waals surface area (Å²) in [4.78, 5) is 14.0. The first-order chi connectivity index (χ1) is 13.2. The van der Waals surface area contributed by atoms with Crippen LogP contribution in [0.4, 0.5) is 5.82 Å². The average molecular weight is 371 g/mol. The highest BCUT2D eigenvalue weighted by Crippen LogP contribution is 2.15. The summed E-state index contributed by atoms with van der Waals surface area (Å²) in [5, 5.41) is 10.9. The zero-order chi connectivity index (χ0) is 19.1. The molecule has 0 aromatic carbocycles. The number of guanidine groups is 1. The van der Waals surface area contributed by atoms with E-state index in [9.17, 15) is 0 Å². The quantitative estimate of drug-likeness (QED) is 0.579. The Kier molecular flexibility index (Phi) is 6.64. The lowest BCUT2D eigenvalue weighted by Gasteiger charge is -2.33. The lowest BCUT2D eigenvalue weighted by Crippen LogP contribution is -2.44. The van der Waals surface area contributed by atoms with Gasteiger partial charge in [-0.3, -0.25) is 4.68 Å². The van der Waals surface area contributed by atoms with Gasteiger partial charge in [0.25, 0.3) is 0 Å². The molecule has 27 heavy (non-hydrogen) atoms. The molecule has 0 bridgehead atoms. The van der Waals surface area contributed by atoms with Gasteiger partial charge in [-0.15, -0.1) is 0 Å². The molecule has 3 heterocycles. The maximum absolute atomic E-state index is 4.72. The smallest absolute Gasteiger partial charge is 0.191 e. The summed E-state index contributed by atoms with van der Waals surface area (Å²) in [6.07, 6.45) is 3.69. The van der Waals surface area contributed by atoms with Crippen LogP contribution in [0.3, 0.4) is 0 Å². The molecule has 0 amide bonds. The van der Waals surface area contributed by atoms with Crippen LogP contribution < -0.4 is 15.5 Å². The molecule has 8 heteroatoms. The summed E-state index contributed by atoms with van der Waals surface area (Å²) in [6, 6.07) is 6.19. The number of aromatic nitrogens is 3. The minimum Gasteiger partial charge on any atom is -0.357 e. The van der Waals surface area contributed by atoms with Crippen molar-refractivity contribution in [1.29, 1.82) is 0 Å². The van der Waals surface area contributed by atoms with E-state index in [1.165, 1.54) is 0 Å². The van der Waals surface area contributed by atoms with E-state index in [0.29, 0.717) is 13.1 Å². The third-order valence-electron chi connectivity index (χ3n) is 4.76. The van der Waals surface area contributed by atoms with E-state index in [1.54, 1.807) is 6.20 Å². The molecule has 0 radical (unpaired) electrons. The van der Waals surface area contributed by atoms with Crippen LogP contribution in [0.5, 0.6) is 0 Å². The van der Waals surface area contributed by atoms with Crippen molar-refractivity contribution in [3.8, 4) is 0 Å². The summed E-state index contributed by atoms with van der Waals surface area (Å²) in [5.41, 5.74) is 2.28. The van der Waals surface area contributed by atoms with Crippen molar-refractivity contribution >= 4 is 11.8 Å². The molecule has 0 unspecified atom stereocenters. The van der Waals surface area contributed by atoms with Gasteiger partial charge in [0, 0.05) is 52.2 Å². The standard InChI is InChI=1S/C19H30N8/c1-4-20-19(23-15-17-6-8-24-26(17)3)22-14-16-5-7-21-18(13-16)27-11-9-25(2)10-12-27/h5-8,13H,4,9-12,14-15H2,1-3H3,(H2,20,22,23). The largest absolute Gasteiger partial charge is 0.357 e. The van der Waals surface area contributed by atoms with Gasteiger partial charge in [0.15, 0.2) is 5.96 Å². The number of aliphatic imine (C=N–C) groups is 1. The van der Waals surface area contributed by atoms with Gasteiger partial charge in [-0.2, -0.15) is 5.10 Å². The fraction of sp³-hybridized carbons (Fsp3) is 0.526. The summed E-state index contributed by atoms with van der Waals surface area (Å²) >= 11 is 0. The third-order valence-corrected chi connectivity index (χ3v) is 4.76. The first-order valence-corrected chi connectivity index (χ1v) is 9.53. The van der Waals surface area contributed by atoms with Crippen LogP contribution in [0.2, 0.25) is 0 Å². The monoisotopic (exact) mass is 370 g/mol. The highest BCUT2D eigenvalue weighted by molar-refractivity contribution is 5.79. The number of hydrogen-bond donors (Lipinski definition) is 2. The normalized spacial score (nSPS) is 15.8. The van der Waals surface area contributed by atoms with E-state index in [4.69, 9.17) is 4.99 Å². The van der Waals surface area contributed by atoms with Crippen LogP contribution in [-0.2, 0) is 20.1 Å². The second-order valence-corrected chi connectivity index (χ2v) is 6.81. The molecule has 0 atom stereocenters. The molecule has 3 rings (SSSR count). The topological polar surface area (TPSA) is 73.6 Å². The third kappa shape index (κ3) is 5.43. The summed E-state index contributed by atoms with van der Waals surface area (Å²) in [5.74, 6) is 1.85. The van der Waals surface area contributed by atoms with E-state index in [2.05, 4.69) is 50.6 Å². The van der Waals surface area contributed by atoms with Crippen molar-refractivity contribution in [3.63, 3.8) is 0 Å². The van der Waals surface area contributed by atoms with Crippen molar-refractivity contribution in [2.45, 2.75) is 20.0 Å². The molecule has 146 valence electrons. The van der Waals surface area contributed by atoms with Crippen molar-refractivity contribution in [2.75, 3.05) is 44.7 Å². The summed E-state index contributed by atoms with van der Waals surface area (Å²) in [6.45, 7) is 8.38. The van der Waals surface area contributed by atoms with Gasteiger partial charge < -0.3 is 20.4 Å². The molecule has 1 saturated heterocycles. The molecule has 0 spiro atoms. The van der Waals surface area contributed by atoms with Gasteiger partial charge in [-0.25, -0.2) is 9.98 Å². The molecule has 0 aliphatic carbocycles. The van der Waals surface area contributed by atoms with Gasteiger partial charge in [0.2, 0.25) is 0 Å². The van der Waals surface area contributed by atoms with Crippen LogP contribution in [0.25, 0.3) is 0 Å². The van der Waals surface area contributed by atoms with Crippen LogP contribution in [0.15, 0.2) is 35.6 Å². The molecule has 1 aliphatic rings. The first-order valence-electron chi connectivity index (χ1n) is 9.53. The number of nitrogens with one attached hydrogen (secondary N) is 2. The van der Waals surface area contributed by atoms with Crippen molar-refractivity contribution < 1.29 is 0 Å². The molecule has 8 nitrogen and oxygen atoms in total. The fourth-order valence-corrected chi connectivity index (χ4v) is 3.03. The second kappa shape index (κ2) is 9.36. The minimum atomic E-state index is 0.615. The van der Waals surface area contributed by atoms with E-state index < -0.39 is 0 Å². The van der Waals surface area contributed by atoms with E-state index in [1.807, 2.05) is 30.1 Å². The summed E-state index contributed by atoms with van der Waals surface area (Å²) in [7, 11) is 4.11. The zero-order valence-corrected chi connectivity index (χ0v) is 16.5. The Morgan fingerprint density at radius 1 is 1.11 bits per heavy atom. The summed E-state index contributed by atoms with van der Waals surface area (Å²) < 4.78 is 1.86. The van der Waals surface area contributed by atoms with Crippen LogP contribution >= 0.6 is 0 Å². The number of anilines is 1. The Bertz CT molecular complexity index is 746. The number of likely N-dealkylation sites (N-methyl/N-ethyl adjacent to an activating group) is 1. The van der Waals surface area contributed by atoms with E-state index in [-0.39, 0.29) is 0 Å². The molecule has 2 aromatic heterocycles. The molecule has 2 aromatic rings. The van der Waals surface area contributed by atoms with Crippen molar-refractivity contribution in [2.24, 2.45) is 12.0 Å². The molecule has 2 N–H and O–H groups in total. The molecule has 1 aliphatic heterocycles. The average Bonchev–Trinajstić information content (AvgIpc) is 3.10. The lowest BCUT2D eigenvalue weighted by atomic mass is 10.2. The lowest BCUT2D eigenvalue weighted by molar-refractivity contribution is 0.312. The maximum Gasteiger partial charge on any atom is 0.191 e. The van der Waals surface area contributed by atoms with Gasteiger partial charge in [-0.05, 0) is 37.7 Å². The van der Waals surface area contributed by atoms with Gasteiger partial charge >= 0.3 is 0 Å². The van der Waals surface area contributed by atoms with Gasteiger partial charge in [-0.1, -0.05) is 0 Å². The van der Waals surface area contributed by atoms with E-state index >= 15 is 0 Å². The zero-order valence-electron chi connectivity index (χ0n) is 16.5. The van der Waals surface area contributed by atoms with E-state index in [0.717, 1.165) is 55.8 Å².